The second kappa shape index (κ2) is 8.51. The molecule has 25 heavy (non-hydrogen) atoms. The summed E-state index contributed by atoms with van der Waals surface area (Å²) in [5.41, 5.74) is 1.02. The minimum absolute atomic E-state index is 0.164. The summed E-state index contributed by atoms with van der Waals surface area (Å²) in [6, 6.07) is 6.84. The zero-order valence-corrected chi connectivity index (χ0v) is 14.8. The van der Waals surface area contributed by atoms with Crippen LogP contribution in [0.5, 0.6) is 0 Å². The third-order valence-corrected chi connectivity index (χ3v) is 4.54. The summed E-state index contributed by atoms with van der Waals surface area (Å²) < 4.78 is 23.9. The van der Waals surface area contributed by atoms with E-state index in [1.54, 1.807) is 19.2 Å². The maximum atomic E-state index is 13.3. The molecule has 7 heteroatoms. The Kier molecular flexibility index (Phi) is 6.12. The van der Waals surface area contributed by atoms with Gasteiger partial charge in [-0.3, -0.25) is 9.80 Å². The molecule has 0 N–H and O–H groups in total. The topological polar surface area (TPSA) is 54.6 Å². The van der Waals surface area contributed by atoms with Crippen LogP contribution in [0.4, 0.5) is 4.39 Å². The lowest BCUT2D eigenvalue weighted by Crippen LogP contribution is -2.30. The molecule has 136 valence electrons. The van der Waals surface area contributed by atoms with E-state index in [2.05, 4.69) is 19.9 Å². The number of hydrogen-bond donors (Lipinski definition) is 0. The van der Waals surface area contributed by atoms with Gasteiger partial charge in [0.05, 0.1) is 6.54 Å². The molecule has 2 aromatic rings. The molecule has 0 radical (unpaired) electrons. The van der Waals surface area contributed by atoms with Crippen molar-refractivity contribution in [2.45, 2.75) is 32.5 Å². The molecule has 0 amide bonds. The highest BCUT2D eigenvalue weighted by molar-refractivity contribution is 5.16. The summed E-state index contributed by atoms with van der Waals surface area (Å²) in [7, 11) is 1.63. The van der Waals surface area contributed by atoms with Gasteiger partial charge >= 0.3 is 0 Å². The number of rotatable bonds is 6. The fourth-order valence-electron chi connectivity index (χ4n) is 3.03. The second-order valence-electron chi connectivity index (χ2n) is 6.46. The number of nitrogens with zero attached hydrogens (tertiary/aromatic N) is 4. The van der Waals surface area contributed by atoms with E-state index in [0.717, 1.165) is 44.7 Å². The predicted octanol–water partition coefficient (Wildman–Crippen LogP) is 2.62. The molecule has 6 nitrogen and oxygen atoms in total. The Morgan fingerprint density at radius 3 is 2.68 bits per heavy atom. The quantitative estimate of drug-likeness (QED) is 0.800. The number of methoxy groups -OCH3 is 1. The molecule has 2 heterocycles. The van der Waals surface area contributed by atoms with Crippen LogP contribution < -0.4 is 0 Å². The van der Waals surface area contributed by atoms with Crippen molar-refractivity contribution >= 4 is 0 Å². The van der Waals surface area contributed by atoms with Crippen LogP contribution in [0.25, 0.3) is 0 Å². The van der Waals surface area contributed by atoms with Gasteiger partial charge in [0, 0.05) is 26.7 Å². The first-order valence-corrected chi connectivity index (χ1v) is 8.68. The normalized spacial score (nSPS) is 18.2. The highest BCUT2D eigenvalue weighted by Crippen LogP contribution is 2.15. The van der Waals surface area contributed by atoms with E-state index in [-0.39, 0.29) is 11.9 Å². The summed E-state index contributed by atoms with van der Waals surface area (Å²) in [5.74, 6) is 1.03. The van der Waals surface area contributed by atoms with E-state index in [1.807, 2.05) is 13.0 Å². The van der Waals surface area contributed by atoms with Crippen LogP contribution in [0.2, 0.25) is 0 Å². The van der Waals surface area contributed by atoms with Gasteiger partial charge < -0.3 is 9.26 Å². The van der Waals surface area contributed by atoms with E-state index in [0.29, 0.717) is 18.3 Å². The zero-order valence-electron chi connectivity index (χ0n) is 14.8. The Morgan fingerprint density at radius 2 is 1.96 bits per heavy atom. The second-order valence-corrected chi connectivity index (χ2v) is 6.46. The number of hydrogen-bond acceptors (Lipinski definition) is 6. The predicted molar refractivity (Wildman–Crippen MR) is 91.3 cm³/mol. The summed E-state index contributed by atoms with van der Waals surface area (Å²) in [4.78, 5) is 9.08. The van der Waals surface area contributed by atoms with Crippen molar-refractivity contribution in [2.75, 3.05) is 33.3 Å². The molecule has 1 aliphatic heterocycles. The first kappa shape index (κ1) is 18.0. The van der Waals surface area contributed by atoms with Gasteiger partial charge in [-0.05, 0) is 44.1 Å². The lowest BCUT2D eigenvalue weighted by molar-refractivity contribution is 0.109. The Morgan fingerprint density at radius 1 is 1.20 bits per heavy atom. The van der Waals surface area contributed by atoms with Gasteiger partial charge in [0.15, 0.2) is 5.82 Å². The van der Waals surface area contributed by atoms with Gasteiger partial charge in [0.2, 0.25) is 5.89 Å². The van der Waals surface area contributed by atoms with Crippen LogP contribution in [0.1, 0.15) is 36.7 Å². The molecule has 3 rings (SSSR count). The third-order valence-electron chi connectivity index (χ3n) is 4.54. The van der Waals surface area contributed by atoms with Gasteiger partial charge in [-0.1, -0.05) is 17.3 Å². The van der Waals surface area contributed by atoms with E-state index < -0.39 is 0 Å². The molecule has 0 aliphatic carbocycles. The minimum Gasteiger partial charge on any atom is -0.374 e. The Bertz CT molecular complexity index is 679. The van der Waals surface area contributed by atoms with E-state index in [1.165, 1.54) is 6.07 Å². The molecule has 1 atom stereocenters. The van der Waals surface area contributed by atoms with Crippen molar-refractivity contribution in [3.05, 3.63) is 47.4 Å². The lowest BCUT2D eigenvalue weighted by atomic mass is 10.2. The van der Waals surface area contributed by atoms with Gasteiger partial charge in [-0.25, -0.2) is 4.39 Å². The van der Waals surface area contributed by atoms with Crippen LogP contribution in [0.15, 0.2) is 28.8 Å². The molecule has 0 spiro atoms. The van der Waals surface area contributed by atoms with E-state index in [9.17, 15) is 4.39 Å². The molecule has 0 bridgehead atoms. The molecule has 0 saturated carbocycles. The van der Waals surface area contributed by atoms with E-state index >= 15 is 0 Å². The summed E-state index contributed by atoms with van der Waals surface area (Å²) in [6.07, 6.45) is 0.897. The van der Waals surface area contributed by atoms with Gasteiger partial charge in [0.1, 0.15) is 11.9 Å². The average molecular weight is 348 g/mol. The fourth-order valence-corrected chi connectivity index (χ4v) is 3.03. The molecule has 1 aromatic heterocycles. The highest BCUT2D eigenvalue weighted by atomic mass is 19.1. The van der Waals surface area contributed by atoms with Crippen molar-refractivity contribution in [3.8, 4) is 0 Å². The molecular weight excluding hydrogens is 323 g/mol. The summed E-state index contributed by atoms with van der Waals surface area (Å²) >= 11 is 0. The first-order chi connectivity index (χ1) is 12.1. The van der Waals surface area contributed by atoms with Crippen LogP contribution in [-0.2, 0) is 17.8 Å². The van der Waals surface area contributed by atoms with Crippen LogP contribution in [-0.4, -0.2) is 53.2 Å². The maximum absolute atomic E-state index is 13.3. The van der Waals surface area contributed by atoms with Crippen molar-refractivity contribution < 1.29 is 13.7 Å². The van der Waals surface area contributed by atoms with Crippen LogP contribution in [0, 0.1) is 5.82 Å². The Hall–Kier alpha value is -1.83. The average Bonchev–Trinajstić information content (AvgIpc) is 2.96. The SMILES string of the molecule is COC(C)c1noc(CN2CCCN(Cc3cccc(F)c3)CC2)n1. The van der Waals surface area contributed by atoms with Gasteiger partial charge in [-0.2, -0.15) is 4.98 Å². The molecule has 1 unspecified atom stereocenters. The monoisotopic (exact) mass is 348 g/mol. The molecular formula is C18H25FN4O2. The minimum atomic E-state index is -0.175. The smallest absolute Gasteiger partial charge is 0.240 e. The number of aromatic nitrogens is 2. The van der Waals surface area contributed by atoms with Crippen LogP contribution >= 0.6 is 0 Å². The molecule has 1 aromatic carbocycles. The first-order valence-electron chi connectivity index (χ1n) is 8.68. The van der Waals surface area contributed by atoms with Gasteiger partial charge in [-0.15, -0.1) is 0 Å². The molecule has 1 aliphatic rings. The maximum Gasteiger partial charge on any atom is 0.240 e. The number of benzene rings is 1. The lowest BCUT2D eigenvalue weighted by Gasteiger charge is -2.21. The molecule has 1 saturated heterocycles. The Labute approximate surface area is 147 Å². The largest absolute Gasteiger partial charge is 0.374 e. The van der Waals surface area contributed by atoms with Crippen molar-refractivity contribution in [2.24, 2.45) is 0 Å². The highest BCUT2D eigenvalue weighted by Gasteiger charge is 2.19. The van der Waals surface area contributed by atoms with Crippen LogP contribution in [0.3, 0.4) is 0 Å². The third kappa shape index (κ3) is 5.07. The van der Waals surface area contributed by atoms with Gasteiger partial charge in [0.25, 0.3) is 0 Å². The number of halogens is 1. The zero-order chi connectivity index (χ0) is 17.6. The standard InChI is InChI=1S/C18H25FN4O2/c1-14(24-2)18-20-17(25-21-18)13-23-8-4-7-22(9-10-23)12-15-5-3-6-16(19)11-15/h3,5-6,11,14H,4,7-10,12-13H2,1-2H3. The Balaban J connectivity index is 1.52. The van der Waals surface area contributed by atoms with E-state index in [4.69, 9.17) is 9.26 Å². The number of ether oxygens (including phenoxy) is 1. The molecule has 1 fully saturated rings. The summed E-state index contributed by atoms with van der Waals surface area (Å²) in [5, 5.41) is 3.97. The summed E-state index contributed by atoms with van der Waals surface area (Å²) in [6.45, 7) is 7.17. The fraction of sp³-hybridized carbons (Fsp3) is 0.556. The van der Waals surface area contributed by atoms with Crippen molar-refractivity contribution in [3.63, 3.8) is 0 Å². The van der Waals surface area contributed by atoms with Crippen molar-refractivity contribution in [1.29, 1.82) is 0 Å². The van der Waals surface area contributed by atoms with Crippen molar-refractivity contribution in [1.82, 2.24) is 19.9 Å².